The van der Waals surface area contributed by atoms with Crippen LogP contribution in [0.3, 0.4) is 0 Å². The molecule has 0 fully saturated rings. The SMILES string of the molecule is CCC(Br)C(=O)c1ccc(OC)c(OC(F)F)c1. The second-order valence-electron chi connectivity index (χ2n) is 3.48. The molecule has 0 saturated heterocycles. The van der Waals surface area contributed by atoms with E-state index < -0.39 is 6.61 Å². The number of Topliss-reactive ketones (excluding diaryl/α,β-unsaturated/α-hetero) is 1. The zero-order valence-corrected chi connectivity index (χ0v) is 11.5. The van der Waals surface area contributed by atoms with Gasteiger partial charge >= 0.3 is 6.61 Å². The topological polar surface area (TPSA) is 35.5 Å². The standard InChI is InChI=1S/C12H13BrF2O3/c1-3-8(13)11(16)7-4-5-9(17-2)10(6-7)18-12(14)15/h4-6,8,12H,3H2,1-2H3. The summed E-state index contributed by atoms with van der Waals surface area (Å²) in [6.07, 6.45) is 0.607. The third-order valence-electron chi connectivity index (χ3n) is 2.31. The molecule has 1 unspecified atom stereocenters. The first-order valence-electron chi connectivity index (χ1n) is 5.30. The van der Waals surface area contributed by atoms with Crippen LogP contribution in [-0.2, 0) is 0 Å². The van der Waals surface area contributed by atoms with Crippen LogP contribution in [0.5, 0.6) is 11.5 Å². The third kappa shape index (κ3) is 3.66. The van der Waals surface area contributed by atoms with Gasteiger partial charge in [0, 0.05) is 5.56 Å². The molecule has 100 valence electrons. The lowest BCUT2D eigenvalue weighted by Gasteiger charge is -2.12. The second-order valence-corrected chi connectivity index (χ2v) is 4.59. The van der Waals surface area contributed by atoms with Gasteiger partial charge in [0.2, 0.25) is 0 Å². The summed E-state index contributed by atoms with van der Waals surface area (Å²) in [5.41, 5.74) is 0.301. The van der Waals surface area contributed by atoms with Gasteiger partial charge in [-0.3, -0.25) is 4.79 Å². The first-order valence-corrected chi connectivity index (χ1v) is 6.22. The maximum absolute atomic E-state index is 12.2. The number of methoxy groups -OCH3 is 1. The molecule has 0 aliphatic rings. The highest BCUT2D eigenvalue weighted by Gasteiger charge is 2.18. The zero-order chi connectivity index (χ0) is 13.7. The monoisotopic (exact) mass is 322 g/mol. The lowest BCUT2D eigenvalue weighted by molar-refractivity contribution is -0.0512. The van der Waals surface area contributed by atoms with Crippen molar-refractivity contribution in [2.45, 2.75) is 24.8 Å². The minimum Gasteiger partial charge on any atom is -0.493 e. The van der Waals surface area contributed by atoms with Crippen LogP contribution >= 0.6 is 15.9 Å². The number of hydrogen-bond donors (Lipinski definition) is 0. The first kappa shape index (κ1) is 14.9. The number of carbonyl (C=O) groups excluding carboxylic acids is 1. The van der Waals surface area contributed by atoms with E-state index in [-0.39, 0.29) is 22.1 Å². The van der Waals surface area contributed by atoms with Crippen LogP contribution in [-0.4, -0.2) is 24.3 Å². The number of ether oxygens (including phenoxy) is 2. The number of carbonyl (C=O) groups is 1. The van der Waals surface area contributed by atoms with Gasteiger partial charge < -0.3 is 9.47 Å². The smallest absolute Gasteiger partial charge is 0.387 e. The van der Waals surface area contributed by atoms with Crippen molar-refractivity contribution in [1.29, 1.82) is 0 Å². The van der Waals surface area contributed by atoms with Crippen LogP contribution in [0.1, 0.15) is 23.7 Å². The normalized spacial score (nSPS) is 12.3. The number of ketones is 1. The number of rotatable bonds is 6. The molecule has 6 heteroatoms. The highest BCUT2D eigenvalue weighted by molar-refractivity contribution is 9.10. The van der Waals surface area contributed by atoms with E-state index in [2.05, 4.69) is 20.7 Å². The molecule has 0 radical (unpaired) electrons. The summed E-state index contributed by atoms with van der Waals surface area (Å²) in [5.74, 6) is -0.164. The quantitative estimate of drug-likeness (QED) is 0.592. The van der Waals surface area contributed by atoms with Gasteiger partial charge in [0.1, 0.15) is 0 Å². The predicted octanol–water partition coefficient (Wildman–Crippen LogP) is 3.65. The average molecular weight is 323 g/mol. The van der Waals surface area contributed by atoms with E-state index in [0.29, 0.717) is 12.0 Å². The molecule has 0 spiro atoms. The minimum absolute atomic E-state index is 0.144. The molecule has 3 nitrogen and oxygen atoms in total. The fraction of sp³-hybridized carbons (Fsp3) is 0.417. The summed E-state index contributed by atoms with van der Waals surface area (Å²) in [4.78, 5) is 11.5. The summed E-state index contributed by atoms with van der Waals surface area (Å²) >= 11 is 3.22. The van der Waals surface area contributed by atoms with E-state index in [0.717, 1.165) is 0 Å². The Morgan fingerprint density at radius 1 is 1.39 bits per heavy atom. The molecule has 1 aromatic carbocycles. The Kier molecular flexibility index (Phi) is 5.53. The molecule has 1 rings (SSSR count). The van der Waals surface area contributed by atoms with Crippen molar-refractivity contribution >= 4 is 21.7 Å². The zero-order valence-electron chi connectivity index (χ0n) is 9.95. The van der Waals surface area contributed by atoms with Crippen molar-refractivity contribution in [3.8, 4) is 11.5 Å². The molecule has 0 saturated carbocycles. The predicted molar refractivity (Wildman–Crippen MR) is 67.0 cm³/mol. The van der Waals surface area contributed by atoms with E-state index in [4.69, 9.17) is 4.74 Å². The third-order valence-corrected chi connectivity index (χ3v) is 3.37. The molecule has 0 bridgehead atoms. The summed E-state index contributed by atoms with van der Waals surface area (Å²) in [6, 6.07) is 4.21. The summed E-state index contributed by atoms with van der Waals surface area (Å²) in [7, 11) is 1.34. The molecular formula is C12H13BrF2O3. The van der Waals surface area contributed by atoms with E-state index in [1.54, 1.807) is 0 Å². The number of halogens is 3. The summed E-state index contributed by atoms with van der Waals surface area (Å²) in [5, 5.41) is 0. The van der Waals surface area contributed by atoms with E-state index in [1.807, 2.05) is 6.92 Å². The lowest BCUT2D eigenvalue weighted by Crippen LogP contribution is -2.13. The van der Waals surface area contributed by atoms with Gasteiger partial charge in [0.25, 0.3) is 0 Å². The molecule has 0 aromatic heterocycles. The molecule has 0 N–H and O–H groups in total. The minimum atomic E-state index is -2.96. The summed E-state index contributed by atoms with van der Waals surface area (Å²) < 4.78 is 33.6. The van der Waals surface area contributed by atoms with Gasteiger partial charge in [-0.05, 0) is 24.6 Å². The number of benzene rings is 1. The van der Waals surface area contributed by atoms with E-state index in [9.17, 15) is 13.6 Å². The van der Waals surface area contributed by atoms with Crippen LogP contribution in [0.25, 0.3) is 0 Å². The van der Waals surface area contributed by atoms with Crippen molar-refractivity contribution < 1.29 is 23.0 Å². The molecule has 1 atom stereocenters. The van der Waals surface area contributed by atoms with E-state index in [1.165, 1.54) is 25.3 Å². The van der Waals surface area contributed by atoms with E-state index >= 15 is 0 Å². The second kappa shape index (κ2) is 6.68. The van der Waals surface area contributed by atoms with Crippen molar-refractivity contribution in [3.05, 3.63) is 23.8 Å². The summed E-state index contributed by atoms with van der Waals surface area (Å²) in [6.45, 7) is -1.12. The molecule has 1 aromatic rings. The Bertz CT molecular complexity index is 424. The fourth-order valence-electron chi connectivity index (χ4n) is 1.38. The van der Waals surface area contributed by atoms with Crippen molar-refractivity contribution in [2.75, 3.05) is 7.11 Å². The number of hydrogen-bond acceptors (Lipinski definition) is 3. The molecule has 0 aliphatic carbocycles. The van der Waals surface area contributed by atoms with Crippen LogP contribution in [0.2, 0.25) is 0 Å². The van der Waals surface area contributed by atoms with Crippen LogP contribution in [0.4, 0.5) is 8.78 Å². The molecule has 18 heavy (non-hydrogen) atoms. The van der Waals surface area contributed by atoms with Gasteiger partial charge in [0.05, 0.1) is 11.9 Å². The molecule has 0 amide bonds. The first-order chi connectivity index (χ1) is 8.49. The van der Waals surface area contributed by atoms with Crippen molar-refractivity contribution in [2.24, 2.45) is 0 Å². The maximum atomic E-state index is 12.2. The van der Waals surface area contributed by atoms with Gasteiger partial charge in [-0.25, -0.2) is 0 Å². The maximum Gasteiger partial charge on any atom is 0.387 e. The number of alkyl halides is 3. The Hall–Kier alpha value is -1.17. The highest BCUT2D eigenvalue weighted by Crippen LogP contribution is 2.30. The Morgan fingerprint density at radius 2 is 2.06 bits per heavy atom. The highest BCUT2D eigenvalue weighted by atomic mass is 79.9. The van der Waals surface area contributed by atoms with Crippen molar-refractivity contribution in [1.82, 2.24) is 0 Å². The molecular weight excluding hydrogens is 310 g/mol. The Morgan fingerprint density at radius 3 is 2.56 bits per heavy atom. The Labute approximate surface area is 112 Å². The fourth-order valence-corrected chi connectivity index (χ4v) is 1.65. The van der Waals surface area contributed by atoms with Gasteiger partial charge in [0.15, 0.2) is 17.3 Å². The van der Waals surface area contributed by atoms with Crippen LogP contribution < -0.4 is 9.47 Å². The average Bonchev–Trinajstić information content (AvgIpc) is 2.36. The molecule has 0 aliphatic heterocycles. The van der Waals surface area contributed by atoms with Crippen molar-refractivity contribution in [3.63, 3.8) is 0 Å². The largest absolute Gasteiger partial charge is 0.493 e. The molecule has 0 heterocycles. The Balaban J connectivity index is 3.05. The van der Waals surface area contributed by atoms with Gasteiger partial charge in [-0.2, -0.15) is 8.78 Å². The van der Waals surface area contributed by atoms with Gasteiger partial charge in [-0.15, -0.1) is 0 Å². The van der Waals surface area contributed by atoms with Crippen LogP contribution in [0, 0.1) is 0 Å². The van der Waals surface area contributed by atoms with Gasteiger partial charge in [-0.1, -0.05) is 22.9 Å². The van der Waals surface area contributed by atoms with Crippen LogP contribution in [0.15, 0.2) is 18.2 Å². The lowest BCUT2D eigenvalue weighted by atomic mass is 10.1.